The first kappa shape index (κ1) is 14.9. The number of carboxylic acids is 1. The van der Waals surface area contributed by atoms with Crippen molar-refractivity contribution in [3.63, 3.8) is 0 Å². The Balaban J connectivity index is 3.12. The lowest BCUT2D eigenvalue weighted by atomic mass is 10.1. The zero-order chi connectivity index (χ0) is 14.6. The van der Waals surface area contributed by atoms with Gasteiger partial charge in [0.2, 0.25) is 0 Å². The van der Waals surface area contributed by atoms with Crippen LogP contribution in [0.25, 0.3) is 0 Å². The van der Waals surface area contributed by atoms with Crippen LogP contribution >= 0.6 is 11.6 Å². The molecule has 102 valence electrons. The van der Waals surface area contributed by atoms with E-state index < -0.39 is 40.7 Å². The molecule has 1 atom stereocenters. The number of nitro benzene ring substituents is 1. The van der Waals surface area contributed by atoms with Crippen molar-refractivity contribution in [2.45, 2.75) is 6.04 Å². The molecule has 0 aliphatic rings. The first-order valence-corrected chi connectivity index (χ1v) is 5.33. The summed E-state index contributed by atoms with van der Waals surface area (Å²) in [5.41, 5.74) is -0.999. The van der Waals surface area contributed by atoms with Gasteiger partial charge in [-0.05, 0) is 6.07 Å². The number of benzene rings is 1. The van der Waals surface area contributed by atoms with Crippen molar-refractivity contribution in [3.05, 3.63) is 38.9 Å². The second-order valence-electron chi connectivity index (χ2n) is 3.44. The molecule has 0 spiro atoms. The highest BCUT2D eigenvalue weighted by Crippen LogP contribution is 2.26. The van der Waals surface area contributed by atoms with Crippen molar-refractivity contribution >= 4 is 29.2 Å². The molecule has 0 saturated carbocycles. The van der Waals surface area contributed by atoms with E-state index in [4.69, 9.17) is 21.8 Å². The number of carboxylic acid groups (broad SMARTS) is 1. The molecule has 1 unspecified atom stereocenters. The number of amides is 1. The molecular weight excluding hydrogens is 280 g/mol. The Hall–Kier alpha value is -2.19. The number of nitrogens with one attached hydrogen (secondary N) is 1. The van der Waals surface area contributed by atoms with Gasteiger partial charge in [-0.2, -0.15) is 0 Å². The molecule has 0 radical (unpaired) electrons. The molecule has 8 nitrogen and oxygen atoms in total. The standard InChI is InChI=1S/C10H9ClN2O6/c11-5-2-1-3-7(13(18)19)8(5)9(15)12-6(4-14)10(16)17/h1-3,6,14H,4H2,(H,12,15)(H,16,17). The van der Waals surface area contributed by atoms with Gasteiger partial charge in [0, 0.05) is 6.07 Å². The van der Waals surface area contributed by atoms with Gasteiger partial charge in [-0.1, -0.05) is 17.7 Å². The Bertz CT molecular complexity index is 533. The molecule has 1 aromatic carbocycles. The molecule has 0 fully saturated rings. The average molecular weight is 289 g/mol. The Morgan fingerprint density at radius 3 is 2.58 bits per heavy atom. The van der Waals surface area contributed by atoms with Crippen molar-refractivity contribution in [2.24, 2.45) is 0 Å². The zero-order valence-electron chi connectivity index (χ0n) is 9.37. The molecule has 1 aromatic rings. The molecule has 1 amide bonds. The van der Waals surface area contributed by atoms with Crippen LogP contribution < -0.4 is 5.32 Å². The lowest BCUT2D eigenvalue weighted by Gasteiger charge is -2.12. The Kier molecular flexibility index (Phi) is 4.79. The van der Waals surface area contributed by atoms with Crippen LogP contribution in [0, 0.1) is 10.1 Å². The van der Waals surface area contributed by atoms with E-state index in [2.05, 4.69) is 0 Å². The molecule has 0 aliphatic carbocycles. The fourth-order valence-corrected chi connectivity index (χ4v) is 1.56. The maximum Gasteiger partial charge on any atom is 0.328 e. The Morgan fingerprint density at radius 1 is 1.47 bits per heavy atom. The second kappa shape index (κ2) is 6.12. The predicted molar refractivity (Wildman–Crippen MR) is 64.1 cm³/mol. The van der Waals surface area contributed by atoms with Crippen molar-refractivity contribution in [2.75, 3.05) is 6.61 Å². The third-order valence-corrected chi connectivity index (χ3v) is 2.52. The minimum absolute atomic E-state index is 0.186. The molecule has 0 bridgehead atoms. The monoisotopic (exact) mass is 288 g/mol. The van der Waals surface area contributed by atoms with Crippen LogP contribution in [0.2, 0.25) is 5.02 Å². The minimum atomic E-state index is -1.57. The average Bonchev–Trinajstić information content (AvgIpc) is 2.34. The number of rotatable bonds is 5. The third kappa shape index (κ3) is 3.39. The molecule has 9 heteroatoms. The topological polar surface area (TPSA) is 130 Å². The van der Waals surface area contributed by atoms with Gasteiger partial charge in [0.1, 0.15) is 5.56 Å². The summed E-state index contributed by atoms with van der Waals surface area (Å²) in [6.07, 6.45) is 0. The van der Waals surface area contributed by atoms with Gasteiger partial charge in [-0.15, -0.1) is 0 Å². The van der Waals surface area contributed by atoms with E-state index in [1.165, 1.54) is 12.1 Å². The van der Waals surface area contributed by atoms with E-state index in [-0.39, 0.29) is 5.02 Å². The number of hydrogen-bond donors (Lipinski definition) is 3. The predicted octanol–water partition coefficient (Wildman–Crippen LogP) is 0.424. The number of aliphatic hydroxyl groups is 1. The van der Waals surface area contributed by atoms with E-state index in [9.17, 15) is 19.7 Å². The molecule has 0 saturated heterocycles. The minimum Gasteiger partial charge on any atom is -0.480 e. The number of aliphatic carboxylic acids is 1. The molecule has 3 N–H and O–H groups in total. The molecule has 0 aliphatic heterocycles. The van der Waals surface area contributed by atoms with Crippen molar-refractivity contribution in [1.29, 1.82) is 0 Å². The number of nitrogens with zero attached hydrogens (tertiary/aromatic N) is 1. The summed E-state index contributed by atoms with van der Waals surface area (Å²) in [6, 6.07) is 2.05. The van der Waals surface area contributed by atoms with Crippen LogP contribution in [0.3, 0.4) is 0 Å². The highest BCUT2D eigenvalue weighted by molar-refractivity contribution is 6.34. The van der Waals surface area contributed by atoms with Gasteiger partial charge in [0.25, 0.3) is 11.6 Å². The summed E-state index contributed by atoms with van der Waals surface area (Å²) in [5.74, 6) is -2.51. The summed E-state index contributed by atoms with van der Waals surface area (Å²) < 4.78 is 0. The number of carbonyl (C=O) groups is 2. The zero-order valence-corrected chi connectivity index (χ0v) is 10.1. The van der Waals surface area contributed by atoms with Gasteiger partial charge in [-0.25, -0.2) is 4.79 Å². The Morgan fingerprint density at radius 2 is 2.11 bits per heavy atom. The van der Waals surface area contributed by atoms with Gasteiger partial charge in [0.05, 0.1) is 16.6 Å². The highest BCUT2D eigenvalue weighted by atomic mass is 35.5. The third-order valence-electron chi connectivity index (χ3n) is 2.20. The second-order valence-corrected chi connectivity index (χ2v) is 3.85. The maximum absolute atomic E-state index is 11.8. The van der Waals surface area contributed by atoms with Crippen LogP contribution in [0.4, 0.5) is 5.69 Å². The molecule has 1 rings (SSSR count). The fraction of sp³-hybridized carbons (Fsp3) is 0.200. The number of carbonyl (C=O) groups excluding carboxylic acids is 1. The van der Waals surface area contributed by atoms with E-state index in [0.29, 0.717) is 0 Å². The normalized spacial score (nSPS) is 11.7. The summed E-state index contributed by atoms with van der Waals surface area (Å²) >= 11 is 5.70. The highest BCUT2D eigenvalue weighted by Gasteiger charge is 2.27. The van der Waals surface area contributed by atoms with E-state index >= 15 is 0 Å². The summed E-state index contributed by atoms with van der Waals surface area (Å²) in [6.45, 7) is -0.848. The molecule has 0 aromatic heterocycles. The lowest BCUT2D eigenvalue weighted by Crippen LogP contribution is -2.43. The van der Waals surface area contributed by atoms with Crippen molar-refractivity contribution < 1.29 is 24.7 Å². The number of aliphatic hydroxyl groups excluding tert-OH is 1. The number of halogens is 1. The van der Waals surface area contributed by atoms with Crippen LogP contribution in [0.15, 0.2) is 18.2 Å². The SMILES string of the molecule is O=C(NC(CO)C(=O)O)c1c(Cl)cccc1[N+](=O)[O-]. The first-order valence-electron chi connectivity index (χ1n) is 4.96. The van der Waals surface area contributed by atoms with Gasteiger partial charge >= 0.3 is 5.97 Å². The maximum atomic E-state index is 11.8. The van der Waals surface area contributed by atoms with Crippen LogP contribution in [-0.4, -0.2) is 39.7 Å². The van der Waals surface area contributed by atoms with E-state index in [0.717, 1.165) is 6.07 Å². The number of nitro groups is 1. The molecular formula is C10H9ClN2O6. The van der Waals surface area contributed by atoms with Crippen LogP contribution in [0.5, 0.6) is 0 Å². The fourth-order valence-electron chi connectivity index (χ4n) is 1.31. The summed E-state index contributed by atoms with van der Waals surface area (Å²) in [4.78, 5) is 32.4. The quantitative estimate of drug-likeness (QED) is 0.532. The lowest BCUT2D eigenvalue weighted by molar-refractivity contribution is -0.385. The Labute approximate surface area is 111 Å². The van der Waals surface area contributed by atoms with Crippen molar-refractivity contribution in [1.82, 2.24) is 5.32 Å². The van der Waals surface area contributed by atoms with Crippen LogP contribution in [-0.2, 0) is 4.79 Å². The summed E-state index contributed by atoms with van der Waals surface area (Å²) in [5, 5.41) is 30.0. The van der Waals surface area contributed by atoms with E-state index in [1.807, 2.05) is 5.32 Å². The van der Waals surface area contributed by atoms with E-state index in [1.54, 1.807) is 0 Å². The number of hydrogen-bond acceptors (Lipinski definition) is 5. The summed E-state index contributed by atoms with van der Waals surface area (Å²) in [7, 11) is 0. The van der Waals surface area contributed by atoms with Crippen LogP contribution in [0.1, 0.15) is 10.4 Å². The molecule has 19 heavy (non-hydrogen) atoms. The van der Waals surface area contributed by atoms with Crippen molar-refractivity contribution in [3.8, 4) is 0 Å². The van der Waals surface area contributed by atoms with Gasteiger partial charge < -0.3 is 15.5 Å². The smallest absolute Gasteiger partial charge is 0.328 e. The van der Waals surface area contributed by atoms with Gasteiger partial charge in [0.15, 0.2) is 6.04 Å². The molecule has 0 heterocycles. The largest absolute Gasteiger partial charge is 0.480 e. The van der Waals surface area contributed by atoms with Gasteiger partial charge in [-0.3, -0.25) is 14.9 Å². The first-order chi connectivity index (χ1) is 8.88.